The van der Waals surface area contributed by atoms with Gasteiger partial charge in [-0.15, -0.1) is 0 Å². The van der Waals surface area contributed by atoms with E-state index < -0.39 is 0 Å². The van der Waals surface area contributed by atoms with Crippen LogP contribution in [0.4, 0.5) is 0 Å². The maximum Gasteiger partial charge on any atom is 0.123 e. The normalized spacial score (nSPS) is 16.5. The summed E-state index contributed by atoms with van der Waals surface area (Å²) in [5.74, 6) is 0.978. The van der Waals surface area contributed by atoms with Crippen molar-refractivity contribution >= 4 is 0 Å². The predicted molar refractivity (Wildman–Crippen MR) is 79.6 cm³/mol. The average molecular weight is 262 g/mol. The van der Waals surface area contributed by atoms with Gasteiger partial charge in [-0.3, -0.25) is 0 Å². The fraction of sp³-hybridized carbons (Fsp3) is 0.625. The SMILES string of the molecule is COc1ccccc1CNCCCN1CCCCC1. The Bertz CT molecular complexity index is 362. The highest BCUT2D eigenvalue weighted by atomic mass is 16.5. The van der Waals surface area contributed by atoms with Crippen LogP contribution >= 0.6 is 0 Å². The van der Waals surface area contributed by atoms with Crippen LogP contribution in [0.5, 0.6) is 5.75 Å². The lowest BCUT2D eigenvalue weighted by atomic mass is 10.1. The van der Waals surface area contributed by atoms with Crippen molar-refractivity contribution in [1.29, 1.82) is 0 Å². The van der Waals surface area contributed by atoms with Crippen molar-refractivity contribution < 1.29 is 4.74 Å². The Hall–Kier alpha value is -1.06. The van der Waals surface area contributed by atoms with Crippen LogP contribution in [-0.2, 0) is 6.54 Å². The molecule has 0 saturated carbocycles. The molecular formula is C16H26N2O. The van der Waals surface area contributed by atoms with E-state index in [4.69, 9.17) is 4.74 Å². The standard InChI is InChI=1S/C16H26N2O/c1-19-16-9-4-3-8-15(16)14-17-10-7-13-18-11-5-2-6-12-18/h3-4,8-9,17H,2,5-7,10-14H2,1H3. The molecule has 1 aromatic rings. The maximum atomic E-state index is 5.35. The number of likely N-dealkylation sites (tertiary alicyclic amines) is 1. The Morgan fingerprint density at radius 3 is 2.74 bits per heavy atom. The number of rotatable bonds is 7. The van der Waals surface area contributed by atoms with E-state index in [0.717, 1.165) is 18.8 Å². The monoisotopic (exact) mass is 262 g/mol. The van der Waals surface area contributed by atoms with Gasteiger partial charge in [0, 0.05) is 12.1 Å². The van der Waals surface area contributed by atoms with Gasteiger partial charge in [-0.05, 0) is 51.5 Å². The number of ether oxygens (including phenoxy) is 1. The molecule has 0 aromatic heterocycles. The van der Waals surface area contributed by atoms with E-state index in [1.807, 2.05) is 12.1 Å². The predicted octanol–water partition coefficient (Wildman–Crippen LogP) is 2.66. The van der Waals surface area contributed by atoms with Crippen LogP contribution < -0.4 is 10.1 Å². The summed E-state index contributed by atoms with van der Waals surface area (Å²) in [4.78, 5) is 2.59. The van der Waals surface area contributed by atoms with E-state index in [0.29, 0.717) is 0 Å². The minimum Gasteiger partial charge on any atom is -0.496 e. The van der Waals surface area contributed by atoms with E-state index >= 15 is 0 Å². The Kier molecular flexibility index (Phi) is 6.18. The fourth-order valence-electron chi connectivity index (χ4n) is 2.68. The summed E-state index contributed by atoms with van der Waals surface area (Å²) in [6.45, 7) is 5.80. The van der Waals surface area contributed by atoms with Crippen molar-refractivity contribution in [3.8, 4) is 5.75 Å². The zero-order chi connectivity index (χ0) is 13.3. The number of nitrogens with zero attached hydrogens (tertiary/aromatic N) is 1. The van der Waals surface area contributed by atoms with Crippen LogP contribution in [0, 0.1) is 0 Å². The Morgan fingerprint density at radius 2 is 1.95 bits per heavy atom. The summed E-state index contributed by atoms with van der Waals surface area (Å²) in [7, 11) is 1.73. The second kappa shape index (κ2) is 8.18. The number of methoxy groups -OCH3 is 1. The molecule has 1 heterocycles. The topological polar surface area (TPSA) is 24.5 Å². The number of hydrogen-bond acceptors (Lipinski definition) is 3. The van der Waals surface area contributed by atoms with Gasteiger partial charge in [-0.2, -0.15) is 0 Å². The Balaban J connectivity index is 1.61. The van der Waals surface area contributed by atoms with Crippen LogP contribution in [0.3, 0.4) is 0 Å². The summed E-state index contributed by atoms with van der Waals surface area (Å²) < 4.78 is 5.35. The fourth-order valence-corrected chi connectivity index (χ4v) is 2.68. The second-order valence-electron chi connectivity index (χ2n) is 5.24. The summed E-state index contributed by atoms with van der Waals surface area (Å²) >= 11 is 0. The third-order valence-corrected chi connectivity index (χ3v) is 3.78. The molecule has 1 aliphatic rings. The molecule has 0 atom stereocenters. The van der Waals surface area contributed by atoms with Gasteiger partial charge in [0.15, 0.2) is 0 Å². The van der Waals surface area contributed by atoms with Gasteiger partial charge in [-0.1, -0.05) is 24.6 Å². The van der Waals surface area contributed by atoms with Crippen molar-refractivity contribution in [1.82, 2.24) is 10.2 Å². The number of para-hydroxylation sites is 1. The average Bonchev–Trinajstić information content (AvgIpc) is 2.48. The van der Waals surface area contributed by atoms with Crippen molar-refractivity contribution in [2.45, 2.75) is 32.2 Å². The molecule has 0 radical (unpaired) electrons. The molecular weight excluding hydrogens is 236 g/mol. The number of hydrogen-bond donors (Lipinski definition) is 1. The summed E-state index contributed by atoms with van der Waals surface area (Å²) in [6.07, 6.45) is 5.42. The van der Waals surface area contributed by atoms with E-state index in [2.05, 4.69) is 22.3 Å². The molecule has 106 valence electrons. The van der Waals surface area contributed by atoms with E-state index in [-0.39, 0.29) is 0 Å². The molecule has 1 saturated heterocycles. The molecule has 0 amide bonds. The van der Waals surface area contributed by atoms with Crippen molar-refractivity contribution in [3.05, 3.63) is 29.8 Å². The van der Waals surface area contributed by atoms with Crippen LogP contribution in [0.2, 0.25) is 0 Å². The lowest BCUT2D eigenvalue weighted by Crippen LogP contribution is -2.32. The molecule has 1 aliphatic heterocycles. The smallest absolute Gasteiger partial charge is 0.123 e. The van der Waals surface area contributed by atoms with Gasteiger partial charge in [0.25, 0.3) is 0 Å². The molecule has 0 aliphatic carbocycles. The van der Waals surface area contributed by atoms with Crippen LogP contribution in [0.1, 0.15) is 31.2 Å². The Morgan fingerprint density at radius 1 is 1.16 bits per heavy atom. The zero-order valence-corrected chi connectivity index (χ0v) is 12.0. The molecule has 3 nitrogen and oxygen atoms in total. The van der Waals surface area contributed by atoms with Crippen LogP contribution in [-0.4, -0.2) is 38.2 Å². The number of piperidine rings is 1. The minimum atomic E-state index is 0.893. The Labute approximate surface area is 116 Å². The van der Waals surface area contributed by atoms with Crippen molar-refractivity contribution in [2.75, 3.05) is 33.3 Å². The molecule has 3 heteroatoms. The van der Waals surface area contributed by atoms with Gasteiger partial charge in [0.2, 0.25) is 0 Å². The molecule has 19 heavy (non-hydrogen) atoms. The molecule has 0 unspecified atom stereocenters. The summed E-state index contributed by atoms with van der Waals surface area (Å²) in [6, 6.07) is 8.22. The number of nitrogens with one attached hydrogen (secondary N) is 1. The quantitative estimate of drug-likeness (QED) is 0.765. The van der Waals surface area contributed by atoms with Crippen LogP contribution in [0.25, 0.3) is 0 Å². The van der Waals surface area contributed by atoms with Gasteiger partial charge in [-0.25, -0.2) is 0 Å². The first-order valence-corrected chi connectivity index (χ1v) is 7.45. The van der Waals surface area contributed by atoms with Gasteiger partial charge < -0.3 is 15.0 Å². The van der Waals surface area contributed by atoms with E-state index in [9.17, 15) is 0 Å². The first kappa shape index (κ1) is 14.4. The molecule has 0 bridgehead atoms. The summed E-state index contributed by atoms with van der Waals surface area (Å²) in [5, 5.41) is 3.51. The molecule has 2 rings (SSSR count). The maximum absolute atomic E-state index is 5.35. The molecule has 1 N–H and O–H groups in total. The third-order valence-electron chi connectivity index (χ3n) is 3.78. The summed E-state index contributed by atoms with van der Waals surface area (Å²) in [5.41, 5.74) is 1.24. The zero-order valence-electron chi connectivity index (χ0n) is 12.0. The highest BCUT2D eigenvalue weighted by Gasteiger charge is 2.08. The molecule has 1 aromatic carbocycles. The number of benzene rings is 1. The first-order valence-electron chi connectivity index (χ1n) is 7.45. The van der Waals surface area contributed by atoms with Crippen molar-refractivity contribution in [3.63, 3.8) is 0 Å². The lowest BCUT2D eigenvalue weighted by Gasteiger charge is -2.26. The first-order chi connectivity index (χ1) is 9.40. The van der Waals surface area contributed by atoms with Crippen molar-refractivity contribution in [2.24, 2.45) is 0 Å². The largest absolute Gasteiger partial charge is 0.496 e. The highest BCUT2D eigenvalue weighted by molar-refractivity contribution is 5.32. The highest BCUT2D eigenvalue weighted by Crippen LogP contribution is 2.16. The van der Waals surface area contributed by atoms with E-state index in [1.165, 1.54) is 50.9 Å². The van der Waals surface area contributed by atoms with Gasteiger partial charge >= 0.3 is 0 Å². The molecule has 0 spiro atoms. The van der Waals surface area contributed by atoms with Gasteiger partial charge in [0.1, 0.15) is 5.75 Å². The van der Waals surface area contributed by atoms with Crippen LogP contribution in [0.15, 0.2) is 24.3 Å². The second-order valence-corrected chi connectivity index (χ2v) is 5.24. The third kappa shape index (κ3) is 4.84. The lowest BCUT2D eigenvalue weighted by molar-refractivity contribution is 0.225. The molecule has 1 fully saturated rings. The minimum absolute atomic E-state index is 0.893. The van der Waals surface area contributed by atoms with Gasteiger partial charge in [0.05, 0.1) is 7.11 Å². The van der Waals surface area contributed by atoms with E-state index in [1.54, 1.807) is 7.11 Å².